The van der Waals surface area contributed by atoms with Crippen LogP contribution in [-0.4, -0.2) is 66.3 Å². The summed E-state index contributed by atoms with van der Waals surface area (Å²) in [6.07, 6.45) is 6.55. The summed E-state index contributed by atoms with van der Waals surface area (Å²) in [6, 6.07) is 0.994. The van der Waals surface area contributed by atoms with Gasteiger partial charge in [-0.15, -0.1) is 0 Å². The van der Waals surface area contributed by atoms with Gasteiger partial charge in [-0.1, -0.05) is 0 Å². The minimum absolute atomic E-state index is 0.0686. The number of nitrogens with zero attached hydrogens (tertiary/aromatic N) is 2. The quantitative estimate of drug-likeness (QED) is 0.815. The molecule has 0 aromatic heterocycles. The Morgan fingerprint density at radius 2 is 1.91 bits per heavy atom. The Morgan fingerprint density at radius 1 is 1.22 bits per heavy atom. The molecule has 2 rings (SSSR count). The zero-order valence-electron chi connectivity index (χ0n) is 15.1. The lowest BCUT2D eigenvalue weighted by Gasteiger charge is -2.37. The Balaban J connectivity index is 1.71. The van der Waals surface area contributed by atoms with E-state index in [2.05, 4.69) is 24.1 Å². The highest BCUT2D eigenvalue weighted by atomic mass is 16.3. The van der Waals surface area contributed by atoms with Gasteiger partial charge in [0.2, 0.25) is 0 Å². The number of piperidine rings is 1. The molecule has 1 saturated heterocycles. The van der Waals surface area contributed by atoms with Crippen LogP contribution in [0.15, 0.2) is 0 Å². The van der Waals surface area contributed by atoms with Crippen molar-refractivity contribution >= 4 is 6.03 Å². The van der Waals surface area contributed by atoms with E-state index in [1.165, 1.54) is 19.4 Å². The van der Waals surface area contributed by atoms with Crippen LogP contribution in [0.3, 0.4) is 0 Å². The van der Waals surface area contributed by atoms with Gasteiger partial charge in [-0.2, -0.15) is 0 Å². The third-order valence-corrected chi connectivity index (χ3v) is 5.77. The summed E-state index contributed by atoms with van der Waals surface area (Å²) in [7, 11) is 1.92. The molecule has 0 aromatic rings. The van der Waals surface area contributed by atoms with E-state index in [1.54, 1.807) is 0 Å². The van der Waals surface area contributed by atoms with Crippen LogP contribution in [0.2, 0.25) is 0 Å². The Morgan fingerprint density at radius 3 is 2.52 bits per heavy atom. The van der Waals surface area contributed by atoms with Crippen LogP contribution in [0, 0.1) is 11.8 Å². The number of rotatable bonds is 5. The van der Waals surface area contributed by atoms with E-state index in [4.69, 9.17) is 0 Å². The number of aliphatic hydroxyl groups is 1. The molecule has 1 atom stereocenters. The topological polar surface area (TPSA) is 55.8 Å². The van der Waals surface area contributed by atoms with Crippen molar-refractivity contribution in [2.24, 2.45) is 11.8 Å². The van der Waals surface area contributed by atoms with Gasteiger partial charge in [-0.05, 0) is 70.8 Å². The third-order valence-electron chi connectivity index (χ3n) is 5.77. The van der Waals surface area contributed by atoms with E-state index >= 15 is 0 Å². The molecule has 1 unspecified atom stereocenters. The van der Waals surface area contributed by atoms with E-state index < -0.39 is 0 Å². The van der Waals surface area contributed by atoms with Crippen molar-refractivity contribution in [2.75, 3.05) is 33.3 Å². The van der Waals surface area contributed by atoms with E-state index in [-0.39, 0.29) is 12.6 Å². The molecule has 2 amide bonds. The van der Waals surface area contributed by atoms with E-state index in [9.17, 15) is 9.90 Å². The van der Waals surface area contributed by atoms with Gasteiger partial charge in [0.25, 0.3) is 0 Å². The maximum absolute atomic E-state index is 12.4. The van der Waals surface area contributed by atoms with Gasteiger partial charge in [0.1, 0.15) is 0 Å². The zero-order valence-corrected chi connectivity index (χ0v) is 15.1. The molecule has 1 heterocycles. The molecule has 0 aromatic carbocycles. The molecule has 0 spiro atoms. The van der Waals surface area contributed by atoms with Crippen molar-refractivity contribution in [1.29, 1.82) is 0 Å². The summed E-state index contributed by atoms with van der Waals surface area (Å²) < 4.78 is 0. The molecule has 1 aliphatic heterocycles. The molecule has 134 valence electrons. The summed E-state index contributed by atoms with van der Waals surface area (Å²) in [5.41, 5.74) is 0. The Hall–Kier alpha value is -0.810. The van der Waals surface area contributed by atoms with Crippen LogP contribution in [0.5, 0.6) is 0 Å². The first-order chi connectivity index (χ1) is 11.0. The van der Waals surface area contributed by atoms with Crippen LogP contribution in [0.4, 0.5) is 4.79 Å². The second kappa shape index (κ2) is 8.88. The molecule has 5 heteroatoms. The first kappa shape index (κ1) is 18.5. The molecule has 1 aliphatic carbocycles. The number of urea groups is 1. The average Bonchev–Trinajstić information content (AvgIpc) is 2.59. The summed E-state index contributed by atoms with van der Waals surface area (Å²) in [4.78, 5) is 16.8. The molecular weight excluding hydrogens is 290 g/mol. The fourth-order valence-corrected chi connectivity index (χ4v) is 3.97. The summed E-state index contributed by atoms with van der Waals surface area (Å²) in [5.74, 6) is 1.01. The highest BCUT2D eigenvalue weighted by Gasteiger charge is 2.27. The van der Waals surface area contributed by atoms with Gasteiger partial charge in [-0.25, -0.2) is 4.79 Å². The number of carbonyl (C=O) groups is 1. The first-order valence-electron chi connectivity index (χ1n) is 9.36. The van der Waals surface area contributed by atoms with E-state index in [1.807, 2.05) is 11.9 Å². The predicted molar refractivity (Wildman–Crippen MR) is 93.4 cm³/mol. The number of amides is 2. The van der Waals surface area contributed by atoms with E-state index in [0.29, 0.717) is 23.9 Å². The minimum atomic E-state index is 0.0686. The zero-order chi connectivity index (χ0) is 16.8. The third kappa shape index (κ3) is 5.35. The van der Waals surface area contributed by atoms with Gasteiger partial charge < -0.3 is 20.2 Å². The molecule has 1 saturated carbocycles. The number of aliphatic hydroxyl groups excluding tert-OH is 1. The van der Waals surface area contributed by atoms with Crippen molar-refractivity contribution in [3.05, 3.63) is 0 Å². The summed E-state index contributed by atoms with van der Waals surface area (Å²) in [6.45, 7) is 7.86. The fourth-order valence-electron chi connectivity index (χ4n) is 3.97. The number of likely N-dealkylation sites (tertiary alicyclic amines) is 1. The summed E-state index contributed by atoms with van der Waals surface area (Å²) in [5, 5.41) is 12.4. The SMILES string of the molecule is CC(C)N1CCCC(CNC(=O)N(C)C2CCC(CO)CC2)C1. The smallest absolute Gasteiger partial charge is 0.317 e. The number of carbonyl (C=O) groups excluding carboxylic acids is 1. The van der Waals surface area contributed by atoms with Crippen molar-refractivity contribution in [3.8, 4) is 0 Å². The fraction of sp³-hybridized carbons (Fsp3) is 0.944. The van der Waals surface area contributed by atoms with Crippen LogP contribution in [-0.2, 0) is 0 Å². The lowest BCUT2D eigenvalue weighted by atomic mass is 9.86. The maximum Gasteiger partial charge on any atom is 0.317 e. The number of nitrogens with one attached hydrogen (secondary N) is 1. The van der Waals surface area contributed by atoms with Crippen molar-refractivity contribution in [1.82, 2.24) is 15.1 Å². The monoisotopic (exact) mass is 325 g/mol. The van der Waals surface area contributed by atoms with Crippen molar-refractivity contribution < 1.29 is 9.90 Å². The van der Waals surface area contributed by atoms with Gasteiger partial charge >= 0.3 is 6.03 Å². The first-order valence-corrected chi connectivity index (χ1v) is 9.36. The molecule has 23 heavy (non-hydrogen) atoms. The number of hydrogen-bond donors (Lipinski definition) is 2. The lowest BCUT2D eigenvalue weighted by molar-refractivity contribution is 0.125. The predicted octanol–water partition coefficient (Wildman–Crippen LogP) is 2.30. The molecule has 0 radical (unpaired) electrons. The van der Waals surface area contributed by atoms with Gasteiger partial charge in [0.15, 0.2) is 0 Å². The largest absolute Gasteiger partial charge is 0.396 e. The van der Waals surface area contributed by atoms with Gasteiger partial charge in [0.05, 0.1) is 0 Å². The van der Waals surface area contributed by atoms with Crippen LogP contribution in [0.25, 0.3) is 0 Å². The second-order valence-electron chi connectivity index (χ2n) is 7.75. The molecule has 2 fully saturated rings. The van der Waals surface area contributed by atoms with Crippen LogP contribution in [0.1, 0.15) is 52.4 Å². The van der Waals surface area contributed by atoms with E-state index in [0.717, 1.165) is 38.8 Å². The molecule has 5 nitrogen and oxygen atoms in total. The van der Waals surface area contributed by atoms with Gasteiger partial charge in [-0.3, -0.25) is 0 Å². The number of hydrogen-bond acceptors (Lipinski definition) is 3. The molecule has 2 aliphatic rings. The normalized spacial score (nSPS) is 29.5. The molecular formula is C18H35N3O2. The second-order valence-corrected chi connectivity index (χ2v) is 7.75. The van der Waals surface area contributed by atoms with Crippen LogP contribution < -0.4 is 5.32 Å². The molecule has 2 N–H and O–H groups in total. The van der Waals surface area contributed by atoms with Gasteiger partial charge in [0, 0.05) is 38.8 Å². The maximum atomic E-state index is 12.4. The Kier molecular flexibility index (Phi) is 7.15. The van der Waals surface area contributed by atoms with Crippen molar-refractivity contribution in [3.63, 3.8) is 0 Å². The minimum Gasteiger partial charge on any atom is -0.396 e. The van der Waals surface area contributed by atoms with Crippen molar-refractivity contribution in [2.45, 2.75) is 64.5 Å². The Labute approximate surface area is 141 Å². The highest BCUT2D eigenvalue weighted by Crippen LogP contribution is 2.26. The average molecular weight is 325 g/mol. The standard InChI is InChI=1S/C18H35N3O2/c1-14(2)21-10-4-5-16(12-21)11-19-18(23)20(3)17-8-6-15(13-22)7-9-17/h14-17,22H,4-13H2,1-3H3,(H,19,23). The highest BCUT2D eigenvalue weighted by molar-refractivity contribution is 5.74. The summed E-state index contributed by atoms with van der Waals surface area (Å²) >= 11 is 0. The van der Waals surface area contributed by atoms with Crippen LogP contribution >= 0.6 is 0 Å². The Bertz CT molecular complexity index is 367. The molecule has 0 bridgehead atoms. The lowest BCUT2D eigenvalue weighted by Crippen LogP contribution is -2.48.